The molecular formula is C15H14Cl2FN. The number of rotatable bonds is 4. The van der Waals surface area contributed by atoms with Crippen LogP contribution in [0.25, 0.3) is 0 Å². The number of anilines is 1. The first-order valence-corrected chi connectivity index (χ1v) is 6.83. The zero-order chi connectivity index (χ0) is 13.8. The average Bonchev–Trinajstić information content (AvgIpc) is 2.41. The van der Waals surface area contributed by atoms with Crippen molar-refractivity contribution < 1.29 is 4.39 Å². The second-order valence-electron chi connectivity index (χ2n) is 4.26. The number of benzene rings is 2. The van der Waals surface area contributed by atoms with E-state index in [9.17, 15) is 4.39 Å². The number of halogens is 3. The molecule has 100 valence electrons. The summed E-state index contributed by atoms with van der Waals surface area (Å²) in [6.07, 6.45) is 0.812. The Labute approximate surface area is 122 Å². The molecular weight excluding hydrogens is 284 g/mol. The van der Waals surface area contributed by atoms with Gasteiger partial charge in [-0.05, 0) is 36.2 Å². The van der Waals surface area contributed by atoms with Crippen LogP contribution in [0.15, 0.2) is 42.5 Å². The predicted molar refractivity (Wildman–Crippen MR) is 79.5 cm³/mol. The maximum atomic E-state index is 13.6. The molecule has 0 spiro atoms. The number of nitrogens with one attached hydrogen (secondary N) is 1. The first-order chi connectivity index (χ1) is 9.11. The largest absolute Gasteiger partial charge is 0.376 e. The average molecular weight is 298 g/mol. The summed E-state index contributed by atoms with van der Waals surface area (Å²) in [6, 6.07) is 12.1. The highest BCUT2D eigenvalue weighted by atomic mass is 35.5. The van der Waals surface area contributed by atoms with Crippen molar-refractivity contribution >= 4 is 28.9 Å². The highest BCUT2D eigenvalue weighted by Crippen LogP contribution is 2.29. The van der Waals surface area contributed by atoms with E-state index in [2.05, 4.69) is 5.32 Å². The van der Waals surface area contributed by atoms with Crippen molar-refractivity contribution in [3.63, 3.8) is 0 Å². The number of hydrogen-bond donors (Lipinski definition) is 1. The minimum Gasteiger partial charge on any atom is -0.376 e. The second-order valence-corrected chi connectivity index (χ2v) is 5.07. The maximum Gasteiger partial charge on any atom is 0.146 e. The molecule has 0 bridgehead atoms. The van der Waals surface area contributed by atoms with Crippen LogP contribution in [0.1, 0.15) is 24.9 Å². The topological polar surface area (TPSA) is 12.0 Å². The lowest BCUT2D eigenvalue weighted by Gasteiger charge is -2.19. The SMILES string of the molecule is CCC(Nc1ccccc1F)c1ccc(Cl)c(Cl)c1. The molecule has 1 unspecified atom stereocenters. The Morgan fingerprint density at radius 2 is 1.84 bits per heavy atom. The zero-order valence-corrected chi connectivity index (χ0v) is 12.0. The van der Waals surface area contributed by atoms with E-state index in [4.69, 9.17) is 23.2 Å². The maximum absolute atomic E-state index is 13.6. The molecule has 1 nitrogen and oxygen atoms in total. The molecule has 2 rings (SSSR count). The molecule has 0 amide bonds. The van der Waals surface area contributed by atoms with Crippen molar-refractivity contribution in [2.75, 3.05) is 5.32 Å². The Balaban J connectivity index is 2.25. The quantitative estimate of drug-likeness (QED) is 0.764. The van der Waals surface area contributed by atoms with E-state index in [0.717, 1.165) is 12.0 Å². The highest BCUT2D eigenvalue weighted by molar-refractivity contribution is 6.42. The van der Waals surface area contributed by atoms with E-state index < -0.39 is 0 Å². The van der Waals surface area contributed by atoms with Gasteiger partial charge < -0.3 is 5.32 Å². The molecule has 1 N–H and O–H groups in total. The first kappa shape index (κ1) is 14.2. The molecule has 0 aliphatic carbocycles. The minimum atomic E-state index is -0.263. The van der Waals surface area contributed by atoms with E-state index >= 15 is 0 Å². The van der Waals surface area contributed by atoms with Gasteiger partial charge >= 0.3 is 0 Å². The summed E-state index contributed by atoms with van der Waals surface area (Å²) in [5.74, 6) is -0.263. The Morgan fingerprint density at radius 1 is 1.11 bits per heavy atom. The molecule has 0 radical (unpaired) electrons. The van der Waals surface area contributed by atoms with Crippen LogP contribution in [-0.4, -0.2) is 0 Å². The second kappa shape index (κ2) is 6.27. The van der Waals surface area contributed by atoms with Crippen molar-refractivity contribution in [2.24, 2.45) is 0 Å². The summed E-state index contributed by atoms with van der Waals surface area (Å²) in [5.41, 5.74) is 1.47. The summed E-state index contributed by atoms with van der Waals surface area (Å²) in [5, 5.41) is 4.21. The third kappa shape index (κ3) is 3.40. The molecule has 0 aliphatic heterocycles. The van der Waals surface area contributed by atoms with Gasteiger partial charge in [-0.25, -0.2) is 4.39 Å². The Bertz CT molecular complexity index is 572. The van der Waals surface area contributed by atoms with Gasteiger partial charge in [-0.15, -0.1) is 0 Å². The number of para-hydroxylation sites is 1. The van der Waals surface area contributed by atoms with Gasteiger partial charge in [0.1, 0.15) is 5.82 Å². The summed E-state index contributed by atoms with van der Waals surface area (Å²) in [4.78, 5) is 0. The summed E-state index contributed by atoms with van der Waals surface area (Å²) >= 11 is 11.9. The van der Waals surface area contributed by atoms with Gasteiger partial charge in [-0.1, -0.05) is 48.3 Å². The van der Waals surface area contributed by atoms with Gasteiger partial charge in [0.25, 0.3) is 0 Å². The van der Waals surface area contributed by atoms with Crippen molar-refractivity contribution in [2.45, 2.75) is 19.4 Å². The van der Waals surface area contributed by atoms with E-state index in [-0.39, 0.29) is 11.9 Å². The number of hydrogen-bond acceptors (Lipinski definition) is 1. The molecule has 0 aliphatic rings. The van der Waals surface area contributed by atoms with Gasteiger partial charge in [-0.2, -0.15) is 0 Å². The third-order valence-electron chi connectivity index (χ3n) is 2.96. The molecule has 2 aromatic rings. The highest BCUT2D eigenvalue weighted by Gasteiger charge is 2.12. The fourth-order valence-corrected chi connectivity index (χ4v) is 2.22. The molecule has 0 saturated carbocycles. The minimum absolute atomic E-state index is 0.00772. The van der Waals surface area contributed by atoms with Gasteiger partial charge in [0.15, 0.2) is 0 Å². The molecule has 2 aromatic carbocycles. The van der Waals surface area contributed by atoms with Gasteiger partial charge in [0, 0.05) is 0 Å². The van der Waals surface area contributed by atoms with Crippen molar-refractivity contribution in [1.29, 1.82) is 0 Å². The fourth-order valence-electron chi connectivity index (χ4n) is 1.92. The third-order valence-corrected chi connectivity index (χ3v) is 3.70. The summed E-state index contributed by atoms with van der Waals surface area (Å²) in [7, 11) is 0. The van der Waals surface area contributed by atoms with Crippen LogP contribution in [0.4, 0.5) is 10.1 Å². The molecule has 19 heavy (non-hydrogen) atoms. The van der Waals surface area contributed by atoms with Crippen LogP contribution < -0.4 is 5.32 Å². The van der Waals surface area contributed by atoms with Gasteiger partial charge in [0.2, 0.25) is 0 Å². The van der Waals surface area contributed by atoms with Crippen LogP contribution in [0, 0.1) is 5.82 Å². The van der Waals surface area contributed by atoms with Gasteiger partial charge in [0.05, 0.1) is 21.8 Å². The molecule has 0 aromatic heterocycles. The Hall–Kier alpha value is -1.25. The van der Waals surface area contributed by atoms with Crippen molar-refractivity contribution in [3.8, 4) is 0 Å². The summed E-state index contributed by atoms with van der Waals surface area (Å²) in [6.45, 7) is 2.03. The van der Waals surface area contributed by atoms with Crippen molar-refractivity contribution in [3.05, 3.63) is 63.9 Å². The lowest BCUT2D eigenvalue weighted by Crippen LogP contribution is -2.10. The van der Waals surface area contributed by atoms with Crippen LogP contribution >= 0.6 is 23.2 Å². The molecule has 4 heteroatoms. The van der Waals surface area contributed by atoms with Crippen LogP contribution in [0.3, 0.4) is 0 Å². The van der Waals surface area contributed by atoms with E-state index in [1.54, 1.807) is 24.3 Å². The zero-order valence-electron chi connectivity index (χ0n) is 10.5. The molecule has 0 saturated heterocycles. The van der Waals surface area contributed by atoms with Gasteiger partial charge in [-0.3, -0.25) is 0 Å². The normalized spacial score (nSPS) is 12.2. The molecule has 0 heterocycles. The lowest BCUT2D eigenvalue weighted by molar-refractivity contribution is 0.624. The van der Waals surface area contributed by atoms with E-state index in [1.807, 2.05) is 19.1 Å². The monoisotopic (exact) mass is 297 g/mol. The standard InChI is InChI=1S/C15H14Cl2FN/c1-2-14(10-7-8-11(16)12(17)9-10)19-15-6-4-3-5-13(15)18/h3-9,14,19H,2H2,1H3. The first-order valence-electron chi connectivity index (χ1n) is 6.08. The van der Waals surface area contributed by atoms with E-state index in [0.29, 0.717) is 15.7 Å². The van der Waals surface area contributed by atoms with Crippen molar-refractivity contribution in [1.82, 2.24) is 0 Å². The Kier molecular flexibility index (Phi) is 4.67. The predicted octanol–water partition coefficient (Wildman–Crippen LogP) is 5.70. The van der Waals surface area contributed by atoms with Crippen LogP contribution in [0.2, 0.25) is 10.0 Å². The lowest BCUT2D eigenvalue weighted by atomic mass is 10.0. The fraction of sp³-hybridized carbons (Fsp3) is 0.200. The molecule has 1 atom stereocenters. The van der Waals surface area contributed by atoms with Crippen LogP contribution in [0.5, 0.6) is 0 Å². The van der Waals surface area contributed by atoms with E-state index in [1.165, 1.54) is 6.07 Å². The Morgan fingerprint density at radius 3 is 2.47 bits per heavy atom. The smallest absolute Gasteiger partial charge is 0.146 e. The summed E-state index contributed by atoms with van der Waals surface area (Å²) < 4.78 is 13.6. The molecule has 0 fully saturated rings. The van der Waals surface area contributed by atoms with Crippen LogP contribution in [-0.2, 0) is 0 Å².